The third-order valence-electron chi connectivity index (χ3n) is 6.49. The molecule has 0 spiro atoms. The van der Waals surface area contributed by atoms with Gasteiger partial charge in [-0.1, -0.05) is 6.07 Å². The molecule has 2 aromatic carbocycles. The fourth-order valence-corrected chi connectivity index (χ4v) is 4.72. The van der Waals surface area contributed by atoms with E-state index in [-0.39, 0.29) is 5.91 Å². The average molecular weight is 476 g/mol. The number of H-pyrrole nitrogens is 1. The lowest BCUT2D eigenvalue weighted by atomic mass is 9.91. The number of aromatic nitrogens is 4. The zero-order chi connectivity index (χ0) is 24.4. The fraction of sp³-hybridized carbons (Fsp3) is 0.346. The second-order valence-corrected chi connectivity index (χ2v) is 8.49. The maximum absolute atomic E-state index is 12.6. The number of benzene rings is 2. The molecule has 1 aliphatic heterocycles. The summed E-state index contributed by atoms with van der Waals surface area (Å²) < 4.78 is 18.6. The number of hydrogen-bond acceptors (Lipinski definition) is 6. The Hall–Kier alpha value is -3.85. The molecule has 9 heteroatoms. The minimum absolute atomic E-state index is 0.242. The van der Waals surface area contributed by atoms with Crippen molar-refractivity contribution in [1.29, 1.82) is 0 Å². The predicted molar refractivity (Wildman–Crippen MR) is 133 cm³/mol. The number of methoxy groups -OCH3 is 2. The van der Waals surface area contributed by atoms with Gasteiger partial charge >= 0.3 is 0 Å². The highest BCUT2D eigenvalue weighted by Crippen LogP contribution is 2.36. The number of amides is 1. The summed E-state index contributed by atoms with van der Waals surface area (Å²) in [7, 11) is 3.08. The number of carbonyl (C=O) groups is 1. The van der Waals surface area contributed by atoms with Gasteiger partial charge in [-0.15, -0.1) is 0 Å². The van der Waals surface area contributed by atoms with Crippen molar-refractivity contribution in [2.45, 2.75) is 25.7 Å². The van der Waals surface area contributed by atoms with Gasteiger partial charge in [0.05, 0.1) is 37.1 Å². The van der Waals surface area contributed by atoms with Crippen LogP contribution in [0, 0.1) is 0 Å². The molecule has 0 saturated carbocycles. The van der Waals surface area contributed by atoms with Crippen molar-refractivity contribution in [2.75, 3.05) is 34.0 Å². The lowest BCUT2D eigenvalue weighted by molar-refractivity contribution is 0.0846. The van der Waals surface area contributed by atoms with Gasteiger partial charge in [0.1, 0.15) is 23.4 Å². The zero-order valence-electron chi connectivity index (χ0n) is 20.1. The molecule has 1 fully saturated rings. The fourth-order valence-electron chi connectivity index (χ4n) is 4.72. The minimum Gasteiger partial charge on any atom is -0.496 e. The first-order valence-corrected chi connectivity index (χ1v) is 11.8. The minimum atomic E-state index is -0.242. The van der Waals surface area contributed by atoms with Crippen LogP contribution in [0.4, 0.5) is 0 Å². The summed E-state index contributed by atoms with van der Waals surface area (Å²) in [5, 5.41) is 10.3. The van der Waals surface area contributed by atoms with Gasteiger partial charge in [0.15, 0.2) is 0 Å². The Labute approximate surface area is 203 Å². The highest BCUT2D eigenvalue weighted by molar-refractivity contribution is 6.00. The van der Waals surface area contributed by atoms with Crippen LogP contribution in [0.25, 0.3) is 27.8 Å². The average Bonchev–Trinajstić information content (AvgIpc) is 3.55. The number of fused-ring (bicyclic) bond motifs is 1. The molecule has 4 aromatic rings. The summed E-state index contributed by atoms with van der Waals surface area (Å²) in [6.45, 7) is 3.93. The molecule has 3 heterocycles. The lowest BCUT2D eigenvalue weighted by Gasteiger charge is -2.22. The second kappa shape index (κ2) is 9.79. The Kier molecular flexibility index (Phi) is 6.41. The van der Waals surface area contributed by atoms with E-state index in [4.69, 9.17) is 14.2 Å². The van der Waals surface area contributed by atoms with Crippen LogP contribution < -0.4 is 14.8 Å². The van der Waals surface area contributed by atoms with Crippen molar-refractivity contribution in [3.05, 3.63) is 54.1 Å². The van der Waals surface area contributed by atoms with Crippen molar-refractivity contribution in [3.63, 3.8) is 0 Å². The van der Waals surface area contributed by atoms with E-state index >= 15 is 0 Å². The Balaban J connectivity index is 1.53. The van der Waals surface area contributed by atoms with Crippen molar-refractivity contribution in [2.24, 2.45) is 0 Å². The van der Waals surface area contributed by atoms with Gasteiger partial charge in [-0.2, -0.15) is 5.10 Å². The van der Waals surface area contributed by atoms with Crippen molar-refractivity contribution in [3.8, 4) is 28.3 Å². The number of rotatable bonds is 7. The molecule has 0 atom stereocenters. The van der Waals surface area contributed by atoms with E-state index in [0.29, 0.717) is 29.5 Å². The molecule has 1 amide bonds. The van der Waals surface area contributed by atoms with Crippen LogP contribution in [0.1, 0.15) is 41.7 Å². The highest BCUT2D eigenvalue weighted by Gasteiger charge is 2.23. The van der Waals surface area contributed by atoms with E-state index in [1.807, 2.05) is 29.8 Å². The molecule has 0 bridgehead atoms. The predicted octanol–water partition coefficient (Wildman–Crippen LogP) is 4.08. The molecule has 0 radical (unpaired) electrons. The molecule has 1 aliphatic rings. The number of ether oxygens (including phenoxy) is 3. The van der Waals surface area contributed by atoms with Crippen LogP contribution in [0.3, 0.4) is 0 Å². The lowest BCUT2D eigenvalue weighted by Crippen LogP contribution is -2.24. The first-order chi connectivity index (χ1) is 17.1. The third kappa shape index (κ3) is 4.23. The summed E-state index contributed by atoms with van der Waals surface area (Å²) in [6.07, 6.45) is 5.63. The topological polar surface area (TPSA) is 103 Å². The Morgan fingerprint density at radius 2 is 1.91 bits per heavy atom. The summed E-state index contributed by atoms with van der Waals surface area (Å²) in [5.74, 6) is 1.04. The Bertz CT molecular complexity index is 1330. The van der Waals surface area contributed by atoms with Crippen molar-refractivity contribution in [1.82, 2.24) is 25.1 Å². The largest absolute Gasteiger partial charge is 0.496 e. The maximum Gasteiger partial charge on any atom is 0.258 e. The quantitative estimate of drug-likeness (QED) is 0.418. The van der Waals surface area contributed by atoms with Crippen LogP contribution in [0.5, 0.6) is 11.5 Å². The number of hydrogen-bond donors (Lipinski definition) is 2. The first-order valence-electron chi connectivity index (χ1n) is 11.8. The molecule has 2 N–H and O–H groups in total. The van der Waals surface area contributed by atoms with E-state index < -0.39 is 0 Å². The summed E-state index contributed by atoms with van der Waals surface area (Å²) >= 11 is 0. The van der Waals surface area contributed by atoms with E-state index in [1.54, 1.807) is 20.5 Å². The molecule has 0 aliphatic carbocycles. The van der Waals surface area contributed by atoms with E-state index in [9.17, 15) is 4.79 Å². The maximum atomic E-state index is 12.6. The SMILES string of the molecule is CCNC(=O)c1c(OC)cc(-n2cnc3cc(-c4cn[nH]c4C4CCOCC4)ccc32)cc1OC. The molecule has 2 aromatic heterocycles. The molecule has 5 rings (SSSR count). The molecule has 1 saturated heterocycles. The first kappa shape index (κ1) is 22.9. The number of imidazole rings is 1. The van der Waals surface area contributed by atoms with E-state index in [0.717, 1.165) is 59.6 Å². The molecule has 35 heavy (non-hydrogen) atoms. The normalized spacial score (nSPS) is 14.3. The van der Waals surface area contributed by atoms with Crippen LogP contribution in [0.15, 0.2) is 42.9 Å². The Morgan fingerprint density at radius 1 is 1.17 bits per heavy atom. The number of nitrogens with one attached hydrogen (secondary N) is 2. The van der Waals surface area contributed by atoms with Gasteiger partial charge < -0.3 is 19.5 Å². The standard InChI is InChI=1S/C26H29N5O4/c1-4-27-26(32)24-22(33-2)12-18(13-23(24)34-3)31-15-28-20-11-17(5-6-21(20)31)19-14-29-30-25(19)16-7-9-35-10-8-16/h5-6,11-16H,4,7-10H2,1-3H3,(H,27,32)(H,29,30). The van der Waals surface area contributed by atoms with Crippen LogP contribution in [0.2, 0.25) is 0 Å². The zero-order valence-corrected chi connectivity index (χ0v) is 20.1. The smallest absolute Gasteiger partial charge is 0.258 e. The van der Waals surface area contributed by atoms with Crippen molar-refractivity contribution >= 4 is 16.9 Å². The van der Waals surface area contributed by atoms with Gasteiger partial charge in [-0.3, -0.25) is 14.5 Å². The van der Waals surface area contributed by atoms with Gasteiger partial charge in [0, 0.05) is 49.1 Å². The summed E-state index contributed by atoms with van der Waals surface area (Å²) in [5.41, 5.74) is 6.26. The van der Waals surface area contributed by atoms with Gasteiger partial charge in [-0.05, 0) is 37.5 Å². The van der Waals surface area contributed by atoms with E-state index in [2.05, 4.69) is 38.7 Å². The molecule has 182 valence electrons. The monoisotopic (exact) mass is 475 g/mol. The van der Waals surface area contributed by atoms with E-state index in [1.165, 1.54) is 0 Å². The molecule has 9 nitrogen and oxygen atoms in total. The summed E-state index contributed by atoms with van der Waals surface area (Å²) in [6, 6.07) is 9.86. The number of nitrogens with zero attached hydrogens (tertiary/aromatic N) is 3. The molecule has 0 unspecified atom stereocenters. The van der Waals surface area contributed by atoms with Crippen molar-refractivity contribution < 1.29 is 19.0 Å². The van der Waals surface area contributed by atoms with Crippen LogP contribution >= 0.6 is 0 Å². The number of carbonyl (C=O) groups excluding carboxylic acids is 1. The molecular weight excluding hydrogens is 446 g/mol. The second-order valence-electron chi connectivity index (χ2n) is 8.49. The highest BCUT2D eigenvalue weighted by atomic mass is 16.5. The summed E-state index contributed by atoms with van der Waals surface area (Å²) in [4.78, 5) is 17.3. The van der Waals surface area contributed by atoms with Crippen LogP contribution in [-0.2, 0) is 4.74 Å². The van der Waals surface area contributed by atoms with Gasteiger partial charge in [0.2, 0.25) is 0 Å². The Morgan fingerprint density at radius 3 is 2.60 bits per heavy atom. The van der Waals surface area contributed by atoms with Gasteiger partial charge in [-0.25, -0.2) is 4.98 Å². The van der Waals surface area contributed by atoms with Crippen LogP contribution in [-0.4, -0.2) is 59.6 Å². The third-order valence-corrected chi connectivity index (χ3v) is 6.49. The van der Waals surface area contributed by atoms with Gasteiger partial charge in [0.25, 0.3) is 5.91 Å². The number of aromatic amines is 1. The molecular formula is C26H29N5O4.